The summed E-state index contributed by atoms with van der Waals surface area (Å²) in [6.07, 6.45) is -2.30. The highest BCUT2D eigenvalue weighted by Crippen LogP contribution is 2.39. The van der Waals surface area contributed by atoms with Gasteiger partial charge >= 0.3 is 12.1 Å². The monoisotopic (exact) mass is 279 g/mol. The highest BCUT2D eigenvalue weighted by molar-refractivity contribution is 5.94. The number of nitrogens with zero attached hydrogens (tertiary/aromatic N) is 1. The third-order valence-electron chi connectivity index (χ3n) is 3.09. The fourth-order valence-corrected chi connectivity index (χ4v) is 2.15. The molecule has 0 amide bonds. The molecule has 0 saturated heterocycles. The van der Waals surface area contributed by atoms with Crippen LogP contribution in [-0.2, 0) is 10.9 Å². The smallest absolute Gasteiger partial charge is 0.416 e. The van der Waals surface area contributed by atoms with E-state index >= 15 is 0 Å². The van der Waals surface area contributed by atoms with Crippen LogP contribution in [-0.4, -0.2) is 11.0 Å². The summed E-state index contributed by atoms with van der Waals surface area (Å²) < 4.78 is 43.4. The van der Waals surface area contributed by atoms with E-state index in [4.69, 9.17) is 4.74 Å². The van der Waals surface area contributed by atoms with Gasteiger partial charge in [-0.05, 0) is 24.3 Å². The van der Waals surface area contributed by atoms with Crippen LogP contribution in [0.1, 0.15) is 33.2 Å². The molecule has 1 atom stereocenters. The van der Waals surface area contributed by atoms with Gasteiger partial charge < -0.3 is 4.74 Å². The van der Waals surface area contributed by atoms with Crippen LogP contribution in [0.5, 0.6) is 0 Å². The fourth-order valence-electron chi connectivity index (χ4n) is 2.15. The molecule has 0 aliphatic carbocycles. The number of ether oxygens (including phenoxy) is 1. The summed E-state index contributed by atoms with van der Waals surface area (Å²) in [4.78, 5) is 15.6. The number of carbonyl (C=O) groups is 1. The second-order valence-electron chi connectivity index (χ2n) is 4.37. The average Bonchev–Trinajstić information content (AvgIpc) is 2.76. The molecule has 1 aliphatic rings. The first-order valence-corrected chi connectivity index (χ1v) is 5.79. The van der Waals surface area contributed by atoms with Crippen LogP contribution < -0.4 is 0 Å². The summed E-state index contributed by atoms with van der Waals surface area (Å²) in [5.74, 6) is -0.623. The van der Waals surface area contributed by atoms with Gasteiger partial charge in [0, 0.05) is 23.5 Å². The van der Waals surface area contributed by atoms with E-state index in [9.17, 15) is 18.0 Å². The molecule has 20 heavy (non-hydrogen) atoms. The highest BCUT2D eigenvalue weighted by atomic mass is 19.4. The minimum absolute atomic E-state index is 0.159. The predicted octanol–water partition coefficient (Wildman–Crippen LogP) is 3.36. The van der Waals surface area contributed by atoms with Crippen molar-refractivity contribution in [2.75, 3.05) is 0 Å². The summed E-state index contributed by atoms with van der Waals surface area (Å²) in [6.45, 7) is 0. The molecule has 0 bridgehead atoms. The van der Waals surface area contributed by atoms with Gasteiger partial charge in [-0.2, -0.15) is 13.2 Å². The molecule has 1 aliphatic heterocycles. The number of cyclic esters (lactones) is 1. The molecule has 3 nitrogen and oxygen atoms in total. The van der Waals surface area contributed by atoms with Crippen molar-refractivity contribution >= 4 is 5.97 Å². The zero-order chi connectivity index (χ0) is 14.3. The number of benzene rings is 1. The lowest BCUT2D eigenvalue weighted by molar-refractivity contribution is -0.137. The summed E-state index contributed by atoms with van der Waals surface area (Å²) in [6, 6.07) is 6.27. The molecular weight excluding hydrogens is 271 g/mol. The number of aromatic nitrogens is 1. The van der Waals surface area contributed by atoms with E-state index in [1.807, 2.05) is 0 Å². The largest absolute Gasteiger partial charge is 0.449 e. The minimum Gasteiger partial charge on any atom is -0.449 e. The maximum Gasteiger partial charge on any atom is 0.416 e. The molecule has 6 heteroatoms. The zero-order valence-corrected chi connectivity index (χ0v) is 10.0. The minimum atomic E-state index is -4.46. The van der Waals surface area contributed by atoms with Crippen LogP contribution in [0, 0.1) is 0 Å². The molecule has 102 valence electrons. The maximum absolute atomic E-state index is 12.7. The van der Waals surface area contributed by atoms with E-state index in [0.717, 1.165) is 18.2 Å². The zero-order valence-electron chi connectivity index (χ0n) is 10.0. The van der Waals surface area contributed by atoms with Gasteiger partial charge in [-0.1, -0.05) is 6.07 Å². The van der Waals surface area contributed by atoms with Crippen LogP contribution in [0.3, 0.4) is 0 Å². The van der Waals surface area contributed by atoms with Gasteiger partial charge in [0.05, 0.1) is 11.1 Å². The Morgan fingerprint density at radius 2 is 2.00 bits per heavy atom. The van der Waals surface area contributed by atoms with Gasteiger partial charge in [0.25, 0.3) is 0 Å². The first-order chi connectivity index (χ1) is 9.47. The second kappa shape index (κ2) is 4.33. The summed E-state index contributed by atoms with van der Waals surface area (Å²) in [5, 5.41) is 0. The van der Waals surface area contributed by atoms with Crippen molar-refractivity contribution in [3.05, 3.63) is 65.0 Å². The summed E-state index contributed by atoms with van der Waals surface area (Å²) in [5.41, 5.74) is 0.118. The lowest BCUT2D eigenvalue weighted by Crippen LogP contribution is -2.07. The molecule has 2 heterocycles. The fraction of sp³-hybridized carbons (Fsp3) is 0.143. The lowest BCUT2D eigenvalue weighted by Gasteiger charge is -2.12. The van der Waals surface area contributed by atoms with Crippen LogP contribution in [0.15, 0.2) is 42.7 Å². The topological polar surface area (TPSA) is 39.2 Å². The van der Waals surface area contributed by atoms with Crippen LogP contribution >= 0.6 is 0 Å². The van der Waals surface area contributed by atoms with Crippen molar-refractivity contribution in [2.24, 2.45) is 0 Å². The van der Waals surface area contributed by atoms with Crippen molar-refractivity contribution < 1.29 is 22.7 Å². The molecule has 0 N–H and O–H groups in total. The number of carbonyl (C=O) groups excluding carboxylic acids is 1. The van der Waals surface area contributed by atoms with Gasteiger partial charge in [-0.3, -0.25) is 4.98 Å². The first kappa shape index (κ1) is 12.7. The molecule has 2 aromatic rings. The SMILES string of the molecule is O=C1OC(c2cccnc2)c2cc(C(F)(F)F)ccc21. The van der Waals surface area contributed by atoms with Gasteiger partial charge in [0.1, 0.15) is 0 Å². The van der Waals surface area contributed by atoms with Crippen molar-refractivity contribution in [1.82, 2.24) is 4.98 Å². The molecular formula is C14H8F3NO2. The third-order valence-corrected chi connectivity index (χ3v) is 3.09. The van der Waals surface area contributed by atoms with Crippen molar-refractivity contribution in [2.45, 2.75) is 12.3 Å². The molecule has 1 unspecified atom stereocenters. The molecule has 0 spiro atoms. The summed E-state index contributed by atoms with van der Waals surface area (Å²) >= 11 is 0. The number of pyridine rings is 1. The quantitative estimate of drug-likeness (QED) is 0.751. The third kappa shape index (κ3) is 2.03. The Labute approximate surface area is 112 Å². The predicted molar refractivity (Wildman–Crippen MR) is 62.9 cm³/mol. The van der Waals surface area contributed by atoms with E-state index in [-0.39, 0.29) is 11.1 Å². The van der Waals surface area contributed by atoms with E-state index in [2.05, 4.69) is 4.98 Å². The van der Waals surface area contributed by atoms with Gasteiger partial charge in [0.2, 0.25) is 0 Å². The highest BCUT2D eigenvalue weighted by Gasteiger charge is 2.37. The number of esters is 1. The van der Waals surface area contributed by atoms with E-state index in [0.29, 0.717) is 5.56 Å². The molecule has 1 aromatic heterocycles. The van der Waals surface area contributed by atoms with Crippen molar-refractivity contribution in [3.8, 4) is 0 Å². The Morgan fingerprint density at radius 3 is 2.65 bits per heavy atom. The average molecular weight is 279 g/mol. The molecule has 1 aromatic carbocycles. The van der Waals surface area contributed by atoms with Crippen molar-refractivity contribution in [3.63, 3.8) is 0 Å². The standard InChI is InChI=1S/C14H8F3NO2/c15-14(16,17)9-3-4-10-11(6-9)12(20-13(10)19)8-2-1-5-18-7-8/h1-7,12H. The Kier molecular flexibility index (Phi) is 2.74. The van der Waals surface area contributed by atoms with E-state index in [1.165, 1.54) is 12.4 Å². The van der Waals surface area contributed by atoms with Crippen molar-refractivity contribution in [1.29, 1.82) is 0 Å². The van der Waals surface area contributed by atoms with E-state index in [1.54, 1.807) is 12.1 Å². The normalized spacial score (nSPS) is 17.8. The Hall–Kier alpha value is -2.37. The number of alkyl halides is 3. The Balaban J connectivity index is 2.11. The number of hydrogen-bond donors (Lipinski definition) is 0. The number of halogens is 3. The molecule has 0 radical (unpaired) electrons. The lowest BCUT2D eigenvalue weighted by atomic mass is 9.98. The van der Waals surface area contributed by atoms with Crippen LogP contribution in [0.4, 0.5) is 13.2 Å². The van der Waals surface area contributed by atoms with Gasteiger partial charge in [-0.15, -0.1) is 0 Å². The number of rotatable bonds is 1. The van der Waals surface area contributed by atoms with Gasteiger partial charge in [-0.25, -0.2) is 4.79 Å². The van der Waals surface area contributed by atoms with Crippen LogP contribution in [0.2, 0.25) is 0 Å². The molecule has 0 saturated carbocycles. The first-order valence-electron chi connectivity index (χ1n) is 5.79. The van der Waals surface area contributed by atoms with Crippen LogP contribution in [0.25, 0.3) is 0 Å². The maximum atomic E-state index is 12.7. The molecule has 0 fully saturated rings. The second-order valence-corrected chi connectivity index (χ2v) is 4.37. The Bertz CT molecular complexity index is 668. The van der Waals surface area contributed by atoms with E-state index < -0.39 is 23.8 Å². The number of fused-ring (bicyclic) bond motifs is 1. The Morgan fingerprint density at radius 1 is 1.20 bits per heavy atom. The van der Waals surface area contributed by atoms with Gasteiger partial charge in [0.15, 0.2) is 6.10 Å². The number of hydrogen-bond acceptors (Lipinski definition) is 3. The summed E-state index contributed by atoms with van der Waals surface area (Å²) in [7, 11) is 0. The molecule has 3 rings (SSSR count).